The number of halogens is 1. The van der Waals surface area contributed by atoms with Gasteiger partial charge in [0, 0.05) is 25.1 Å². The second kappa shape index (κ2) is 9.49. The number of carboxylic acid groups (broad SMARTS) is 1. The fraction of sp³-hybridized carbons (Fsp3) is 0.269. The molecule has 1 amide bonds. The summed E-state index contributed by atoms with van der Waals surface area (Å²) in [6, 6.07) is 12.5. The molecule has 10 nitrogen and oxygen atoms in total. The molecule has 0 aliphatic heterocycles. The molecule has 0 bridgehead atoms. The minimum atomic E-state index is -0.984. The van der Waals surface area contributed by atoms with Crippen LogP contribution in [-0.4, -0.2) is 36.5 Å². The van der Waals surface area contributed by atoms with Gasteiger partial charge in [-0.15, -0.1) is 0 Å². The molecule has 1 aliphatic rings. The zero-order chi connectivity index (χ0) is 26.3. The summed E-state index contributed by atoms with van der Waals surface area (Å²) >= 11 is 0. The Bertz CT molecular complexity index is 1620. The first kappa shape index (κ1) is 24.2. The van der Waals surface area contributed by atoms with Gasteiger partial charge in [0.05, 0.1) is 5.92 Å². The highest BCUT2D eigenvalue weighted by molar-refractivity contribution is 5.88. The SMILES string of the molecule is CC(=O)Nc1ccc(Cc2nc3c([nH]2)c(=O)[nH]c(=O)n3C(Cc2ccccc2F)C2CC2C(=O)O)cc1. The minimum absolute atomic E-state index is 0.0645. The molecule has 1 aliphatic carbocycles. The van der Waals surface area contributed by atoms with Crippen LogP contribution in [0.15, 0.2) is 58.1 Å². The molecule has 3 atom stereocenters. The molecule has 2 heterocycles. The third kappa shape index (κ3) is 4.92. The number of nitrogens with zero attached hydrogens (tertiary/aromatic N) is 2. The van der Waals surface area contributed by atoms with E-state index < -0.39 is 40.9 Å². The monoisotopic (exact) mass is 505 g/mol. The number of hydrogen-bond donors (Lipinski definition) is 4. The topological polar surface area (TPSA) is 150 Å². The highest BCUT2D eigenvalue weighted by atomic mass is 19.1. The number of H-pyrrole nitrogens is 2. The van der Waals surface area contributed by atoms with Crippen molar-refractivity contribution in [2.24, 2.45) is 11.8 Å². The van der Waals surface area contributed by atoms with Crippen molar-refractivity contribution in [1.29, 1.82) is 0 Å². The lowest BCUT2D eigenvalue weighted by atomic mass is 10.00. The molecule has 2 aromatic heterocycles. The van der Waals surface area contributed by atoms with E-state index in [0.29, 0.717) is 29.9 Å². The van der Waals surface area contributed by atoms with Crippen LogP contribution in [0.5, 0.6) is 0 Å². The van der Waals surface area contributed by atoms with Crippen LogP contribution in [0.2, 0.25) is 0 Å². The van der Waals surface area contributed by atoms with Gasteiger partial charge in [0.15, 0.2) is 5.65 Å². The van der Waals surface area contributed by atoms with E-state index in [1.807, 2.05) is 0 Å². The van der Waals surface area contributed by atoms with Crippen LogP contribution in [0.4, 0.5) is 10.1 Å². The lowest BCUT2D eigenvalue weighted by Gasteiger charge is -2.20. The maximum absolute atomic E-state index is 14.5. The number of nitrogens with one attached hydrogen (secondary N) is 3. The molecule has 190 valence electrons. The van der Waals surface area contributed by atoms with Crippen LogP contribution >= 0.6 is 0 Å². The number of fused-ring (bicyclic) bond motifs is 1. The number of aliphatic carboxylic acids is 1. The molecule has 4 aromatic rings. The molecule has 4 N–H and O–H groups in total. The van der Waals surface area contributed by atoms with Crippen molar-refractivity contribution in [3.05, 3.63) is 92.1 Å². The van der Waals surface area contributed by atoms with Gasteiger partial charge in [-0.1, -0.05) is 30.3 Å². The van der Waals surface area contributed by atoms with Crippen molar-refractivity contribution < 1.29 is 19.1 Å². The predicted octanol–water partition coefficient (Wildman–Crippen LogP) is 2.61. The minimum Gasteiger partial charge on any atom is -0.481 e. The van der Waals surface area contributed by atoms with Crippen LogP contribution in [0.1, 0.15) is 36.3 Å². The number of imidazole rings is 1. The van der Waals surface area contributed by atoms with E-state index in [4.69, 9.17) is 0 Å². The Morgan fingerprint density at radius 2 is 1.89 bits per heavy atom. The van der Waals surface area contributed by atoms with Crippen molar-refractivity contribution in [2.45, 2.75) is 32.2 Å². The molecule has 0 radical (unpaired) electrons. The predicted molar refractivity (Wildman–Crippen MR) is 133 cm³/mol. The van der Waals surface area contributed by atoms with Crippen molar-refractivity contribution in [3.8, 4) is 0 Å². The maximum atomic E-state index is 14.5. The van der Waals surface area contributed by atoms with Gasteiger partial charge >= 0.3 is 11.7 Å². The number of anilines is 1. The number of rotatable bonds is 8. The average molecular weight is 506 g/mol. The van der Waals surface area contributed by atoms with Gasteiger partial charge in [-0.25, -0.2) is 14.2 Å². The Morgan fingerprint density at radius 3 is 2.54 bits per heavy atom. The summed E-state index contributed by atoms with van der Waals surface area (Å²) in [4.78, 5) is 58.4. The maximum Gasteiger partial charge on any atom is 0.330 e. The van der Waals surface area contributed by atoms with E-state index >= 15 is 0 Å². The molecular weight excluding hydrogens is 481 g/mol. The molecule has 0 spiro atoms. The Balaban J connectivity index is 1.55. The first-order valence-electron chi connectivity index (χ1n) is 11.8. The Morgan fingerprint density at radius 1 is 1.16 bits per heavy atom. The number of carbonyl (C=O) groups is 2. The van der Waals surface area contributed by atoms with Gasteiger partial charge in [0.25, 0.3) is 5.56 Å². The van der Waals surface area contributed by atoms with Crippen LogP contribution in [0.25, 0.3) is 11.2 Å². The Labute approximate surface area is 209 Å². The van der Waals surface area contributed by atoms with E-state index in [1.54, 1.807) is 42.5 Å². The van der Waals surface area contributed by atoms with E-state index in [0.717, 1.165) is 5.56 Å². The summed E-state index contributed by atoms with van der Waals surface area (Å²) < 4.78 is 15.8. The molecule has 11 heteroatoms. The van der Waals surface area contributed by atoms with Crippen molar-refractivity contribution in [3.63, 3.8) is 0 Å². The molecular formula is C26H24FN5O5. The highest BCUT2D eigenvalue weighted by Crippen LogP contribution is 2.48. The van der Waals surface area contributed by atoms with Crippen LogP contribution in [-0.2, 0) is 22.4 Å². The summed E-state index contributed by atoms with van der Waals surface area (Å²) in [7, 11) is 0. The number of amides is 1. The first-order valence-corrected chi connectivity index (χ1v) is 11.8. The summed E-state index contributed by atoms with van der Waals surface area (Å²) in [6.07, 6.45) is 0.705. The van der Waals surface area contributed by atoms with Gasteiger partial charge < -0.3 is 15.4 Å². The summed E-state index contributed by atoms with van der Waals surface area (Å²) in [5.74, 6) is -2.31. The Hall–Kier alpha value is -4.54. The number of benzene rings is 2. The third-order valence-electron chi connectivity index (χ3n) is 6.64. The normalized spacial score (nSPS) is 17.5. The van der Waals surface area contributed by atoms with E-state index in [1.165, 1.54) is 17.6 Å². The average Bonchev–Trinajstić information content (AvgIpc) is 3.54. The molecule has 37 heavy (non-hydrogen) atoms. The molecule has 1 saturated carbocycles. The zero-order valence-corrected chi connectivity index (χ0v) is 19.8. The van der Waals surface area contributed by atoms with E-state index in [9.17, 15) is 28.7 Å². The number of carboxylic acids is 1. The lowest BCUT2D eigenvalue weighted by molar-refractivity contribution is -0.139. The summed E-state index contributed by atoms with van der Waals surface area (Å²) in [6.45, 7) is 1.42. The van der Waals surface area contributed by atoms with Crippen LogP contribution in [0.3, 0.4) is 0 Å². The van der Waals surface area contributed by atoms with Gasteiger partial charge in [-0.2, -0.15) is 0 Å². The molecule has 3 unspecified atom stereocenters. The highest BCUT2D eigenvalue weighted by Gasteiger charge is 2.49. The fourth-order valence-corrected chi connectivity index (χ4v) is 4.80. The molecule has 2 aromatic carbocycles. The molecule has 0 saturated heterocycles. The first-order chi connectivity index (χ1) is 17.7. The number of aromatic nitrogens is 4. The number of aromatic amines is 2. The number of hydrogen-bond acceptors (Lipinski definition) is 5. The van der Waals surface area contributed by atoms with Gasteiger partial charge in [0.2, 0.25) is 5.91 Å². The van der Waals surface area contributed by atoms with Crippen LogP contribution < -0.4 is 16.6 Å². The van der Waals surface area contributed by atoms with Crippen LogP contribution in [0, 0.1) is 17.7 Å². The fourth-order valence-electron chi connectivity index (χ4n) is 4.80. The van der Waals surface area contributed by atoms with Gasteiger partial charge in [0.1, 0.15) is 17.2 Å². The standard InChI is InChI=1S/C26H24FN5O5/c1-13(33)28-16-8-6-14(7-9-16)10-21-29-22-23(30-21)32(26(37)31-24(22)34)20(17-12-18(17)25(35)36)11-15-4-2-3-5-19(15)27/h2-9,17-18,20H,10-12H2,1H3,(H,28,33)(H,29,30)(H,35,36)(H,31,34,37). The quantitative estimate of drug-likeness (QED) is 0.289. The third-order valence-corrected chi connectivity index (χ3v) is 6.64. The van der Waals surface area contributed by atoms with Crippen molar-refractivity contribution >= 4 is 28.7 Å². The van der Waals surface area contributed by atoms with E-state index in [-0.39, 0.29) is 23.5 Å². The Kier molecular flexibility index (Phi) is 6.20. The summed E-state index contributed by atoms with van der Waals surface area (Å²) in [5.41, 5.74) is 0.615. The largest absolute Gasteiger partial charge is 0.481 e. The second-order valence-corrected chi connectivity index (χ2v) is 9.27. The van der Waals surface area contributed by atoms with Crippen molar-refractivity contribution in [2.75, 3.05) is 5.32 Å². The zero-order valence-electron chi connectivity index (χ0n) is 19.8. The number of carbonyl (C=O) groups excluding carboxylic acids is 1. The summed E-state index contributed by atoms with van der Waals surface area (Å²) in [5, 5.41) is 12.2. The molecule has 5 rings (SSSR count). The second-order valence-electron chi connectivity index (χ2n) is 9.27. The van der Waals surface area contributed by atoms with E-state index in [2.05, 4.69) is 20.3 Å². The van der Waals surface area contributed by atoms with Gasteiger partial charge in [-0.05, 0) is 48.1 Å². The van der Waals surface area contributed by atoms with Crippen molar-refractivity contribution in [1.82, 2.24) is 19.5 Å². The van der Waals surface area contributed by atoms with Gasteiger partial charge in [-0.3, -0.25) is 23.9 Å². The smallest absolute Gasteiger partial charge is 0.330 e. The molecule has 1 fully saturated rings. The lowest BCUT2D eigenvalue weighted by Crippen LogP contribution is -2.35.